The van der Waals surface area contributed by atoms with Crippen LogP contribution in [0.4, 0.5) is 0 Å². The molecule has 0 aliphatic heterocycles. The number of hydrogen-bond donors (Lipinski definition) is 13. The van der Waals surface area contributed by atoms with Crippen LogP contribution in [0.5, 0.6) is 0 Å². The van der Waals surface area contributed by atoms with Gasteiger partial charge in [0.25, 0.3) is 0 Å². The van der Waals surface area contributed by atoms with E-state index in [4.69, 9.17) is 5.73 Å². The predicted octanol–water partition coefficient (Wildman–Crippen LogP) is -2.60. The lowest BCUT2D eigenvalue weighted by molar-refractivity contribution is -0.143. The normalized spacial score (nSPS) is 15.6. The molecule has 0 saturated heterocycles. The molecule has 9 amide bonds. The monoisotopic (exact) mass is 1040 g/mol. The van der Waals surface area contributed by atoms with Crippen LogP contribution in [-0.2, 0) is 47.9 Å². The summed E-state index contributed by atoms with van der Waals surface area (Å²) in [6, 6.07) is -11.1. The molecule has 0 aromatic rings. The van der Waals surface area contributed by atoms with Gasteiger partial charge < -0.3 is 68.9 Å². The highest BCUT2D eigenvalue weighted by Crippen LogP contribution is 2.12. The van der Waals surface area contributed by atoms with Crippen LogP contribution in [-0.4, -0.2) is 185 Å². The molecule has 0 spiro atoms. The summed E-state index contributed by atoms with van der Waals surface area (Å²) < 4.78 is 0. The first-order valence-electron chi connectivity index (χ1n) is 22.8. The summed E-state index contributed by atoms with van der Waals surface area (Å²) in [7, 11) is 0. The molecule has 0 unspecified atom stereocenters. The smallest absolute Gasteiger partial charge is 0.328 e. The van der Waals surface area contributed by atoms with Crippen LogP contribution >= 0.6 is 35.3 Å². The van der Waals surface area contributed by atoms with Gasteiger partial charge in [0.15, 0.2) is 0 Å². The maximum Gasteiger partial charge on any atom is 0.328 e. The molecule has 23 nitrogen and oxygen atoms in total. The van der Waals surface area contributed by atoms with Crippen molar-refractivity contribution in [1.29, 1.82) is 0 Å². The van der Waals surface area contributed by atoms with Gasteiger partial charge in [-0.05, 0) is 86.4 Å². The molecule has 10 atom stereocenters. The second-order valence-electron chi connectivity index (χ2n) is 17.2. The van der Waals surface area contributed by atoms with E-state index in [1.807, 2.05) is 13.8 Å². The Kier molecular flexibility index (Phi) is 32.6. The van der Waals surface area contributed by atoms with Gasteiger partial charge in [-0.1, -0.05) is 48.0 Å². The van der Waals surface area contributed by atoms with E-state index >= 15 is 0 Å². The number of nitrogens with two attached hydrogens (primary N) is 1. The van der Waals surface area contributed by atoms with Crippen molar-refractivity contribution in [2.24, 2.45) is 23.5 Å². The molecule has 26 heteroatoms. The lowest BCUT2D eigenvalue weighted by Gasteiger charge is -2.27. The van der Waals surface area contributed by atoms with Crippen molar-refractivity contribution in [1.82, 2.24) is 47.9 Å². The van der Waals surface area contributed by atoms with E-state index in [9.17, 15) is 63.3 Å². The maximum absolute atomic E-state index is 13.8. The topological polar surface area (TPSA) is 366 Å². The van der Waals surface area contributed by atoms with Gasteiger partial charge in [-0.15, -0.1) is 0 Å². The highest BCUT2D eigenvalue weighted by atomic mass is 32.2. The zero-order valence-corrected chi connectivity index (χ0v) is 43.9. The van der Waals surface area contributed by atoms with Crippen LogP contribution in [0, 0.1) is 17.8 Å². The van der Waals surface area contributed by atoms with Gasteiger partial charge >= 0.3 is 5.97 Å². The minimum atomic E-state index is -1.60. The van der Waals surface area contributed by atoms with Crippen LogP contribution in [0.25, 0.3) is 0 Å². The second kappa shape index (κ2) is 34.8. The number of carboxylic acids is 1. The van der Waals surface area contributed by atoms with Crippen LogP contribution in [0.3, 0.4) is 0 Å². The summed E-state index contributed by atoms with van der Waals surface area (Å²) in [5, 5.41) is 51.1. The van der Waals surface area contributed by atoms with Crippen LogP contribution in [0.15, 0.2) is 0 Å². The fourth-order valence-corrected chi connectivity index (χ4v) is 7.56. The van der Waals surface area contributed by atoms with E-state index in [0.29, 0.717) is 23.7 Å². The Hall–Kier alpha value is -4.37. The predicted molar refractivity (Wildman–Crippen MR) is 267 cm³/mol. The number of nitrogens with one attached hydrogen (secondary N) is 9. The van der Waals surface area contributed by atoms with E-state index in [0.717, 1.165) is 0 Å². The minimum Gasteiger partial charge on any atom is -0.480 e. The standard InChI is InChI=1S/C43H78N10O13S3/c1-11-24(6)34(42(64)49-28(14-17-69-10)38(60)52-31(21-55)43(65)66)53-32(56)19-45-35(57)25(7)46-36(58)26(12-15-67-8)47-37(59)27(13-16-68-9)48-39(61)29(18-22(2)3)50-40(62)30(20-54)51-41(63)33(44)23(4)5/h22-31,33-34,54-55H,11-21,44H2,1-10H3,(H,45,57)(H,46,58)(H,47,59)(H,48,61)(H,49,64)(H,50,62)(H,51,63)(H,52,60)(H,53,56)(H,65,66)/t24-,25-,26-,27-,28-,29-,30-,31-,33-,34-/m0/s1. The SMILES string of the molecule is CC[C@H](C)[C@H](NC(=O)CNC(=O)[C@H](C)NC(=O)[C@H](CCSC)NC(=O)[C@H](CCSC)NC(=O)[C@H](CC(C)C)NC(=O)[C@H](CO)NC(=O)[C@@H](N)C(C)C)C(=O)N[C@@H](CCSC)C(=O)N[C@@H](CO)C(=O)O. The summed E-state index contributed by atoms with van der Waals surface area (Å²) in [6.45, 7) is 9.60. The zero-order valence-electron chi connectivity index (χ0n) is 41.4. The molecule has 396 valence electrons. The molecular formula is C43H78N10O13S3. The summed E-state index contributed by atoms with van der Waals surface area (Å²) in [5.41, 5.74) is 5.89. The summed E-state index contributed by atoms with van der Waals surface area (Å²) in [5.74, 6) is -7.87. The third kappa shape index (κ3) is 24.8. The van der Waals surface area contributed by atoms with Crippen molar-refractivity contribution in [3.63, 3.8) is 0 Å². The number of thioether (sulfide) groups is 3. The Labute approximate surface area is 418 Å². The molecule has 69 heavy (non-hydrogen) atoms. The van der Waals surface area contributed by atoms with Gasteiger partial charge in [0.1, 0.15) is 48.3 Å². The average Bonchev–Trinajstić information content (AvgIpc) is 3.30. The summed E-state index contributed by atoms with van der Waals surface area (Å²) in [4.78, 5) is 131. The van der Waals surface area contributed by atoms with Gasteiger partial charge in [0.05, 0.1) is 25.8 Å². The van der Waals surface area contributed by atoms with E-state index in [1.165, 1.54) is 42.2 Å². The fourth-order valence-electron chi connectivity index (χ4n) is 6.14. The van der Waals surface area contributed by atoms with Crippen molar-refractivity contribution >= 4 is 94.4 Å². The number of carboxylic acid groups (broad SMARTS) is 1. The van der Waals surface area contributed by atoms with E-state index in [1.54, 1.807) is 46.5 Å². The Bertz CT molecular complexity index is 1700. The first-order valence-corrected chi connectivity index (χ1v) is 27.0. The van der Waals surface area contributed by atoms with E-state index < -0.39 is 139 Å². The van der Waals surface area contributed by atoms with Crippen molar-refractivity contribution in [2.75, 3.05) is 55.8 Å². The molecule has 0 aromatic carbocycles. The number of rotatable bonds is 35. The Morgan fingerprint density at radius 2 is 0.899 bits per heavy atom. The van der Waals surface area contributed by atoms with Gasteiger partial charge in [0, 0.05) is 0 Å². The van der Waals surface area contributed by atoms with E-state index in [-0.39, 0.29) is 37.5 Å². The number of aliphatic hydroxyl groups is 2. The van der Waals surface area contributed by atoms with Gasteiger partial charge in [-0.25, -0.2) is 4.79 Å². The Morgan fingerprint density at radius 3 is 1.30 bits per heavy atom. The fraction of sp³-hybridized carbons (Fsp3) is 0.767. The molecule has 0 heterocycles. The molecule has 0 aromatic heterocycles. The number of aliphatic carboxylic acids is 1. The maximum atomic E-state index is 13.8. The number of hydrogen-bond acceptors (Lipinski definition) is 16. The van der Waals surface area contributed by atoms with Crippen LogP contribution in [0.1, 0.15) is 80.6 Å². The first kappa shape index (κ1) is 64.6. The summed E-state index contributed by atoms with van der Waals surface area (Å²) >= 11 is 4.17. The average molecular weight is 1040 g/mol. The highest BCUT2D eigenvalue weighted by molar-refractivity contribution is 7.98. The third-order valence-corrected chi connectivity index (χ3v) is 12.6. The van der Waals surface area contributed by atoms with Crippen molar-refractivity contribution in [3.05, 3.63) is 0 Å². The number of aliphatic hydroxyl groups excluding tert-OH is 2. The molecule has 0 rings (SSSR count). The molecule has 0 aliphatic rings. The third-order valence-electron chi connectivity index (χ3n) is 10.7. The first-order chi connectivity index (χ1) is 32.4. The molecule has 0 bridgehead atoms. The van der Waals surface area contributed by atoms with Crippen LogP contribution in [0.2, 0.25) is 0 Å². The number of carbonyl (C=O) groups excluding carboxylic acids is 9. The molecule has 14 N–H and O–H groups in total. The summed E-state index contributed by atoms with van der Waals surface area (Å²) in [6.07, 6.45) is 6.27. The highest BCUT2D eigenvalue weighted by Gasteiger charge is 2.34. The number of amides is 9. The molecule has 0 fully saturated rings. The minimum absolute atomic E-state index is 0.112. The van der Waals surface area contributed by atoms with Crippen LogP contribution < -0.4 is 53.6 Å². The van der Waals surface area contributed by atoms with E-state index in [2.05, 4.69) is 47.9 Å². The van der Waals surface area contributed by atoms with Crippen molar-refractivity contribution in [3.8, 4) is 0 Å². The van der Waals surface area contributed by atoms with Crippen molar-refractivity contribution < 1.29 is 63.3 Å². The molecule has 0 aliphatic carbocycles. The molecule has 0 radical (unpaired) electrons. The zero-order chi connectivity index (χ0) is 53.0. The Morgan fingerprint density at radius 1 is 0.507 bits per heavy atom. The largest absolute Gasteiger partial charge is 0.480 e. The van der Waals surface area contributed by atoms with Gasteiger partial charge in [-0.2, -0.15) is 35.3 Å². The van der Waals surface area contributed by atoms with Crippen molar-refractivity contribution in [2.45, 2.75) is 135 Å². The van der Waals surface area contributed by atoms with Gasteiger partial charge in [-0.3, -0.25) is 43.2 Å². The quantitative estimate of drug-likeness (QED) is 0.0310. The molecular weight excluding hydrogens is 961 g/mol. The lowest BCUT2D eigenvalue weighted by Crippen LogP contribution is -2.60. The second-order valence-corrected chi connectivity index (χ2v) is 20.1. The number of carbonyl (C=O) groups is 10. The molecule has 0 saturated carbocycles. The van der Waals surface area contributed by atoms with Gasteiger partial charge in [0.2, 0.25) is 53.2 Å². The lowest BCUT2D eigenvalue weighted by atomic mass is 9.97. The Balaban J connectivity index is 5.97.